The Morgan fingerprint density at radius 3 is 2.72 bits per heavy atom. The SMILES string of the molecule is Cc1csc(=O)n1CC(=O)NCC1(c2cccc(F)c2)CCCCC1. The number of nitrogens with zero attached hydrogens (tertiary/aromatic N) is 1. The molecule has 25 heavy (non-hydrogen) atoms. The highest BCUT2D eigenvalue weighted by Gasteiger charge is 2.34. The summed E-state index contributed by atoms with van der Waals surface area (Å²) in [5, 5.41) is 4.74. The van der Waals surface area contributed by atoms with Crippen molar-refractivity contribution in [1.82, 2.24) is 9.88 Å². The maximum absolute atomic E-state index is 13.7. The van der Waals surface area contributed by atoms with Crippen LogP contribution in [-0.2, 0) is 16.8 Å². The third-order valence-corrected chi connectivity index (χ3v) is 6.03. The first-order valence-electron chi connectivity index (χ1n) is 8.68. The van der Waals surface area contributed by atoms with Crippen molar-refractivity contribution in [2.24, 2.45) is 0 Å². The van der Waals surface area contributed by atoms with Crippen molar-refractivity contribution < 1.29 is 9.18 Å². The van der Waals surface area contributed by atoms with E-state index < -0.39 is 0 Å². The number of hydrogen-bond acceptors (Lipinski definition) is 3. The van der Waals surface area contributed by atoms with E-state index in [1.807, 2.05) is 13.0 Å². The topological polar surface area (TPSA) is 51.1 Å². The quantitative estimate of drug-likeness (QED) is 0.887. The van der Waals surface area contributed by atoms with Crippen molar-refractivity contribution in [3.05, 3.63) is 56.4 Å². The molecule has 4 nitrogen and oxygen atoms in total. The Morgan fingerprint density at radius 2 is 2.08 bits per heavy atom. The number of nitrogens with one attached hydrogen (secondary N) is 1. The molecule has 0 radical (unpaired) electrons. The van der Waals surface area contributed by atoms with Crippen LogP contribution in [0.3, 0.4) is 0 Å². The van der Waals surface area contributed by atoms with Gasteiger partial charge in [-0.25, -0.2) is 4.39 Å². The lowest BCUT2D eigenvalue weighted by molar-refractivity contribution is -0.122. The number of aromatic nitrogens is 1. The van der Waals surface area contributed by atoms with E-state index in [1.165, 1.54) is 17.1 Å². The summed E-state index contributed by atoms with van der Waals surface area (Å²) in [6.07, 6.45) is 5.21. The van der Waals surface area contributed by atoms with Crippen molar-refractivity contribution >= 4 is 17.2 Å². The molecule has 134 valence electrons. The van der Waals surface area contributed by atoms with E-state index in [2.05, 4.69) is 5.32 Å². The van der Waals surface area contributed by atoms with Gasteiger partial charge in [0.15, 0.2) is 0 Å². The third-order valence-electron chi connectivity index (χ3n) is 5.15. The van der Waals surface area contributed by atoms with Gasteiger partial charge in [-0.3, -0.25) is 14.2 Å². The fourth-order valence-electron chi connectivity index (χ4n) is 3.68. The van der Waals surface area contributed by atoms with Gasteiger partial charge in [-0.2, -0.15) is 0 Å². The minimum absolute atomic E-state index is 0.0351. The van der Waals surface area contributed by atoms with Gasteiger partial charge in [0.1, 0.15) is 12.4 Å². The molecule has 1 aromatic carbocycles. The second-order valence-corrected chi connectivity index (χ2v) is 7.68. The second-order valence-electron chi connectivity index (χ2n) is 6.86. The van der Waals surface area contributed by atoms with Crippen LogP contribution in [-0.4, -0.2) is 17.0 Å². The van der Waals surface area contributed by atoms with Gasteiger partial charge in [-0.1, -0.05) is 42.7 Å². The van der Waals surface area contributed by atoms with E-state index in [9.17, 15) is 14.0 Å². The molecule has 1 N–H and O–H groups in total. The highest BCUT2D eigenvalue weighted by molar-refractivity contribution is 7.07. The average Bonchev–Trinajstić information content (AvgIpc) is 2.93. The lowest BCUT2D eigenvalue weighted by atomic mass is 9.69. The molecule has 1 amide bonds. The van der Waals surface area contributed by atoms with E-state index in [0.29, 0.717) is 6.54 Å². The molecule has 1 heterocycles. The van der Waals surface area contributed by atoms with Crippen LogP contribution in [0.5, 0.6) is 0 Å². The third kappa shape index (κ3) is 4.00. The molecule has 0 spiro atoms. The first-order chi connectivity index (χ1) is 12.0. The van der Waals surface area contributed by atoms with Crippen LogP contribution in [0.4, 0.5) is 4.39 Å². The maximum Gasteiger partial charge on any atom is 0.307 e. The van der Waals surface area contributed by atoms with Gasteiger partial charge >= 0.3 is 4.87 Å². The fraction of sp³-hybridized carbons (Fsp3) is 0.474. The maximum atomic E-state index is 13.7. The first-order valence-corrected chi connectivity index (χ1v) is 9.56. The normalized spacial score (nSPS) is 16.6. The predicted molar refractivity (Wildman–Crippen MR) is 97.5 cm³/mol. The molecule has 0 bridgehead atoms. The number of rotatable bonds is 5. The Kier molecular flexibility index (Phi) is 5.37. The molecule has 0 aliphatic heterocycles. The fourth-order valence-corrected chi connectivity index (χ4v) is 4.41. The molecule has 1 saturated carbocycles. The van der Waals surface area contributed by atoms with E-state index in [4.69, 9.17) is 0 Å². The summed E-state index contributed by atoms with van der Waals surface area (Å²) < 4.78 is 15.2. The van der Waals surface area contributed by atoms with Crippen LogP contribution >= 0.6 is 11.3 Å². The standard InChI is InChI=1S/C19H23FN2O2S/c1-14-12-25-18(24)22(14)11-17(23)21-13-19(8-3-2-4-9-19)15-6-5-7-16(20)10-15/h5-7,10,12H,2-4,8-9,11,13H2,1H3,(H,21,23). The molecule has 0 atom stereocenters. The van der Waals surface area contributed by atoms with Crippen LogP contribution in [0.15, 0.2) is 34.4 Å². The van der Waals surface area contributed by atoms with Crippen molar-refractivity contribution in [1.29, 1.82) is 0 Å². The number of carbonyl (C=O) groups is 1. The minimum atomic E-state index is -0.241. The number of carbonyl (C=O) groups excluding carboxylic acids is 1. The number of hydrogen-bond donors (Lipinski definition) is 1. The first kappa shape index (κ1) is 17.9. The Morgan fingerprint density at radius 1 is 1.32 bits per heavy atom. The molecule has 0 unspecified atom stereocenters. The zero-order valence-corrected chi connectivity index (χ0v) is 15.2. The van der Waals surface area contributed by atoms with Gasteiger partial charge in [-0.05, 0) is 37.5 Å². The van der Waals surface area contributed by atoms with E-state index in [1.54, 1.807) is 17.5 Å². The number of halogens is 1. The Labute approximate surface area is 150 Å². The van der Waals surface area contributed by atoms with Gasteiger partial charge in [0.25, 0.3) is 0 Å². The monoisotopic (exact) mass is 362 g/mol. The van der Waals surface area contributed by atoms with Crippen LogP contribution in [0.1, 0.15) is 43.4 Å². The van der Waals surface area contributed by atoms with Crippen LogP contribution in [0, 0.1) is 12.7 Å². The molecular weight excluding hydrogens is 339 g/mol. The summed E-state index contributed by atoms with van der Waals surface area (Å²) in [5.74, 6) is -0.417. The molecule has 1 fully saturated rings. The largest absolute Gasteiger partial charge is 0.354 e. The average molecular weight is 362 g/mol. The van der Waals surface area contributed by atoms with Crippen LogP contribution in [0.25, 0.3) is 0 Å². The zero-order chi connectivity index (χ0) is 17.9. The molecular formula is C19H23FN2O2S. The summed E-state index contributed by atoms with van der Waals surface area (Å²) in [4.78, 5) is 24.0. The molecule has 6 heteroatoms. The van der Waals surface area contributed by atoms with Gasteiger partial charge in [0, 0.05) is 23.0 Å². The number of thiazole rings is 1. The van der Waals surface area contributed by atoms with Crippen molar-refractivity contribution in [2.75, 3.05) is 6.54 Å². The van der Waals surface area contributed by atoms with E-state index in [-0.39, 0.29) is 28.6 Å². The van der Waals surface area contributed by atoms with Crippen molar-refractivity contribution in [3.8, 4) is 0 Å². The number of aryl methyl sites for hydroxylation is 1. The molecule has 1 aliphatic carbocycles. The van der Waals surface area contributed by atoms with Gasteiger partial charge in [-0.15, -0.1) is 0 Å². The molecule has 3 rings (SSSR count). The highest BCUT2D eigenvalue weighted by atomic mass is 32.1. The minimum Gasteiger partial charge on any atom is -0.354 e. The van der Waals surface area contributed by atoms with Crippen molar-refractivity contribution in [3.63, 3.8) is 0 Å². The van der Waals surface area contributed by atoms with E-state index >= 15 is 0 Å². The van der Waals surface area contributed by atoms with Gasteiger partial charge in [0.05, 0.1) is 0 Å². The van der Waals surface area contributed by atoms with E-state index in [0.717, 1.165) is 48.3 Å². The van der Waals surface area contributed by atoms with Crippen molar-refractivity contribution in [2.45, 2.75) is 51.0 Å². The Hall–Kier alpha value is -1.95. The summed E-state index contributed by atoms with van der Waals surface area (Å²) in [5.41, 5.74) is 1.53. The van der Waals surface area contributed by atoms with Gasteiger partial charge in [0.2, 0.25) is 5.91 Å². The van der Waals surface area contributed by atoms with Crippen LogP contribution in [0.2, 0.25) is 0 Å². The second kappa shape index (κ2) is 7.52. The summed E-state index contributed by atoms with van der Waals surface area (Å²) >= 11 is 1.10. The number of amides is 1. The summed E-state index contributed by atoms with van der Waals surface area (Å²) in [6.45, 7) is 2.33. The van der Waals surface area contributed by atoms with Gasteiger partial charge < -0.3 is 5.32 Å². The Bertz CT molecular complexity index is 806. The zero-order valence-electron chi connectivity index (χ0n) is 14.4. The molecule has 1 aliphatic rings. The Balaban J connectivity index is 1.73. The molecule has 2 aromatic rings. The summed E-state index contributed by atoms with van der Waals surface area (Å²) in [6, 6.07) is 6.72. The highest BCUT2D eigenvalue weighted by Crippen LogP contribution is 2.39. The summed E-state index contributed by atoms with van der Waals surface area (Å²) in [7, 11) is 0. The smallest absolute Gasteiger partial charge is 0.307 e. The molecule has 1 aromatic heterocycles. The predicted octanol–water partition coefficient (Wildman–Crippen LogP) is 3.38. The lowest BCUT2D eigenvalue weighted by Gasteiger charge is -2.38. The lowest BCUT2D eigenvalue weighted by Crippen LogP contribution is -2.43. The van der Waals surface area contributed by atoms with Crippen LogP contribution < -0.4 is 10.2 Å². The number of benzene rings is 1. The molecule has 0 saturated heterocycles.